The summed E-state index contributed by atoms with van der Waals surface area (Å²) in [5.74, 6) is 0. The van der Waals surface area contributed by atoms with E-state index in [4.69, 9.17) is 5.73 Å². The van der Waals surface area contributed by atoms with E-state index in [0.29, 0.717) is 5.69 Å². The smallest absolute Gasteiger partial charge is 0.0931 e. The van der Waals surface area contributed by atoms with Crippen molar-refractivity contribution in [2.75, 3.05) is 0 Å². The molecule has 2 atom stereocenters. The van der Waals surface area contributed by atoms with Crippen LogP contribution in [0.1, 0.15) is 43.7 Å². The summed E-state index contributed by atoms with van der Waals surface area (Å²) in [6, 6.07) is 3.79. The van der Waals surface area contributed by atoms with Crippen LogP contribution in [0.5, 0.6) is 0 Å². The third-order valence-corrected chi connectivity index (χ3v) is 2.10. The summed E-state index contributed by atoms with van der Waals surface area (Å²) in [4.78, 5) is 4.05. The molecule has 0 spiro atoms. The van der Waals surface area contributed by atoms with Crippen molar-refractivity contribution < 1.29 is 5.11 Å². The predicted molar refractivity (Wildman–Crippen MR) is 52.1 cm³/mol. The van der Waals surface area contributed by atoms with Gasteiger partial charge in [-0.3, -0.25) is 4.98 Å². The van der Waals surface area contributed by atoms with Crippen molar-refractivity contribution in [2.24, 2.45) is 5.73 Å². The summed E-state index contributed by atoms with van der Waals surface area (Å²) in [5.41, 5.74) is 7.57. The van der Waals surface area contributed by atoms with Gasteiger partial charge in [-0.2, -0.15) is 0 Å². The fourth-order valence-corrected chi connectivity index (χ4v) is 1.16. The first kappa shape index (κ1) is 10.2. The average molecular weight is 180 g/mol. The second-order valence-corrected chi connectivity index (χ2v) is 3.20. The molecule has 0 bridgehead atoms. The minimum Gasteiger partial charge on any atom is -0.387 e. The van der Waals surface area contributed by atoms with Crippen molar-refractivity contribution in [3.05, 3.63) is 29.6 Å². The van der Waals surface area contributed by atoms with Crippen LogP contribution >= 0.6 is 0 Å². The van der Waals surface area contributed by atoms with Crippen LogP contribution in [-0.4, -0.2) is 10.1 Å². The minimum absolute atomic E-state index is 0.0421. The minimum atomic E-state index is -0.524. The third-order valence-electron chi connectivity index (χ3n) is 2.10. The highest BCUT2D eigenvalue weighted by molar-refractivity contribution is 5.20. The van der Waals surface area contributed by atoms with Crippen LogP contribution in [0.25, 0.3) is 0 Å². The molecule has 0 aliphatic carbocycles. The molecule has 0 saturated carbocycles. The third kappa shape index (κ3) is 2.50. The Morgan fingerprint density at radius 3 is 2.85 bits per heavy atom. The van der Waals surface area contributed by atoms with E-state index in [1.807, 2.05) is 19.1 Å². The maximum atomic E-state index is 9.30. The zero-order valence-corrected chi connectivity index (χ0v) is 8.07. The molecule has 3 nitrogen and oxygen atoms in total. The van der Waals surface area contributed by atoms with E-state index in [1.54, 1.807) is 13.1 Å². The van der Waals surface area contributed by atoms with Crippen molar-refractivity contribution >= 4 is 0 Å². The highest BCUT2D eigenvalue weighted by Crippen LogP contribution is 2.16. The van der Waals surface area contributed by atoms with Gasteiger partial charge in [0.2, 0.25) is 0 Å². The van der Waals surface area contributed by atoms with Crippen LogP contribution in [0.3, 0.4) is 0 Å². The standard InChI is InChI=1S/C10H16N2O/c1-3-9(11)8-4-5-12-10(6-8)7(2)13/h4-7,9,13H,3,11H2,1-2H3/t7?,9-/m0/s1. The molecule has 0 aliphatic rings. The summed E-state index contributed by atoms with van der Waals surface area (Å²) in [5, 5.41) is 9.30. The summed E-state index contributed by atoms with van der Waals surface area (Å²) in [6.45, 7) is 3.73. The van der Waals surface area contributed by atoms with Gasteiger partial charge >= 0.3 is 0 Å². The van der Waals surface area contributed by atoms with Crippen LogP contribution in [0, 0.1) is 0 Å². The van der Waals surface area contributed by atoms with Gasteiger partial charge in [0, 0.05) is 12.2 Å². The molecule has 1 rings (SSSR count). The Bertz CT molecular complexity index is 273. The summed E-state index contributed by atoms with van der Waals surface area (Å²) in [6.07, 6.45) is 2.06. The second kappa shape index (κ2) is 4.35. The van der Waals surface area contributed by atoms with E-state index in [0.717, 1.165) is 12.0 Å². The van der Waals surface area contributed by atoms with Crippen LogP contribution < -0.4 is 5.73 Å². The number of aliphatic hydroxyl groups excluding tert-OH is 1. The molecule has 0 aliphatic heterocycles. The highest BCUT2D eigenvalue weighted by atomic mass is 16.3. The lowest BCUT2D eigenvalue weighted by molar-refractivity contribution is 0.194. The Morgan fingerprint density at radius 1 is 1.62 bits per heavy atom. The van der Waals surface area contributed by atoms with Crippen LogP contribution in [0.15, 0.2) is 18.3 Å². The molecule has 3 heteroatoms. The van der Waals surface area contributed by atoms with Crippen LogP contribution in [0.4, 0.5) is 0 Å². The topological polar surface area (TPSA) is 59.1 Å². The number of nitrogens with two attached hydrogens (primary N) is 1. The van der Waals surface area contributed by atoms with Gasteiger partial charge in [-0.05, 0) is 31.0 Å². The SMILES string of the molecule is CC[C@H](N)c1ccnc(C(C)O)c1. The zero-order valence-electron chi connectivity index (χ0n) is 8.07. The fourth-order valence-electron chi connectivity index (χ4n) is 1.16. The molecule has 0 fully saturated rings. The summed E-state index contributed by atoms with van der Waals surface area (Å²) < 4.78 is 0. The van der Waals surface area contributed by atoms with Gasteiger partial charge in [-0.25, -0.2) is 0 Å². The summed E-state index contributed by atoms with van der Waals surface area (Å²) in [7, 11) is 0. The molecule has 72 valence electrons. The van der Waals surface area contributed by atoms with E-state index < -0.39 is 6.10 Å². The van der Waals surface area contributed by atoms with Crippen molar-refractivity contribution in [3.63, 3.8) is 0 Å². The maximum Gasteiger partial charge on any atom is 0.0931 e. The van der Waals surface area contributed by atoms with Gasteiger partial charge in [-0.15, -0.1) is 0 Å². The van der Waals surface area contributed by atoms with Gasteiger partial charge in [0.15, 0.2) is 0 Å². The molecule has 1 aromatic rings. The molecule has 1 aromatic heterocycles. The lowest BCUT2D eigenvalue weighted by atomic mass is 10.1. The molecule has 3 N–H and O–H groups in total. The van der Waals surface area contributed by atoms with Gasteiger partial charge in [0.1, 0.15) is 0 Å². The number of nitrogens with zero attached hydrogens (tertiary/aromatic N) is 1. The normalized spacial score (nSPS) is 15.4. The fraction of sp³-hybridized carbons (Fsp3) is 0.500. The molecule has 0 saturated heterocycles. The Kier molecular flexibility index (Phi) is 3.39. The number of hydrogen-bond acceptors (Lipinski definition) is 3. The van der Waals surface area contributed by atoms with E-state index in [2.05, 4.69) is 4.98 Å². The maximum absolute atomic E-state index is 9.30. The molecular weight excluding hydrogens is 164 g/mol. The number of hydrogen-bond donors (Lipinski definition) is 2. The number of rotatable bonds is 3. The van der Waals surface area contributed by atoms with Gasteiger partial charge < -0.3 is 10.8 Å². The van der Waals surface area contributed by atoms with Crippen molar-refractivity contribution in [2.45, 2.75) is 32.4 Å². The zero-order chi connectivity index (χ0) is 9.84. The number of aliphatic hydroxyl groups is 1. The van der Waals surface area contributed by atoms with E-state index in [-0.39, 0.29) is 6.04 Å². The first-order chi connectivity index (χ1) is 6.15. The van der Waals surface area contributed by atoms with E-state index in [1.165, 1.54) is 0 Å². The molecule has 1 heterocycles. The Balaban J connectivity index is 2.91. The largest absolute Gasteiger partial charge is 0.387 e. The first-order valence-electron chi connectivity index (χ1n) is 4.54. The quantitative estimate of drug-likeness (QED) is 0.741. The van der Waals surface area contributed by atoms with Gasteiger partial charge in [0.25, 0.3) is 0 Å². The Morgan fingerprint density at radius 2 is 2.31 bits per heavy atom. The lowest BCUT2D eigenvalue weighted by Gasteiger charge is -2.11. The Hall–Kier alpha value is -0.930. The van der Waals surface area contributed by atoms with Crippen LogP contribution in [-0.2, 0) is 0 Å². The lowest BCUT2D eigenvalue weighted by Crippen LogP contribution is -2.09. The van der Waals surface area contributed by atoms with Crippen molar-refractivity contribution in [1.82, 2.24) is 4.98 Å². The predicted octanol–water partition coefficient (Wildman–Crippen LogP) is 1.54. The monoisotopic (exact) mass is 180 g/mol. The second-order valence-electron chi connectivity index (χ2n) is 3.20. The first-order valence-corrected chi connectivity index (χ1v) is 4.54. The molecule has 0 radical (unpaired) electrons. The molecule has 1 unspecified atom stereocenters. The van der Waals surface area contributed by atoms with E-state index in [9.17, 15) is 5.11 Å². The number of aromatic nitrogens is 1. The highest BCUT2D eigenvalue weighted by Gasteiger charge is 2.07. The average Bonchev–Trinajstić information content (AvgIpc) is 2.17. The van der Waals surface area contributed by atoms with Crippen LogP contribution in [0.2, 0.25) is 0 Å². The van der Waals surface area contributed by atoms with Crippen molar-refractivity contribution in [3.8, 4) is 0 Å². The Labute approximate surface area is 78.6 Å². The summed E-state index contributed by atoms with van der Waals surface area (Å²) >= 11 is 0. The van der Waals surface area contributed by atoms with Gasteiger partial charge in [0.05, 0.1) is 11.8 Å². The van der Waals surface area contributed by atoms with E-state index >= 15 is 0 Å². The molecular formula is C10H16N2O. The molecule has 13 heavy (non-hydrogen) atoms. The van der Waals surface area contributed by atoms with Crippen molar-refractivity contribution in [1.29, 1.82) is 0 Å². The number of pyridine rings is 1. The molecule has 0 amide bonds. The van der Waals surface area contributed by atoms with Gasteiger partial charge in [-0.1, -0.05) is 6.92 Å². The molecule has 0 aromatic carbocycles.